The Morgan fingerprint density at radius 3 is 2.51 bits per heavy atom. The van der Waals surface area contributed by atoms with Crippen LogP contribution < -0.4 is 20.4 Å². The number of nitrogens with one attached hydrogen (secondary N) is 2. The first-order valence-corrected chi connectivity index (χ1v) is 14.5. The van der Waals surface area contributed by atoms with Gasteiger partial charge in [-0.15, -0.1) is 0 Å². The predicted molar refractivity (Wildman–Crippen MR) is 157 cm³/mol. The minimum atomic E-state index is -0.875. The van der Waals surface area contributed by atoms with E-state index in [0.717, 1.165) is 17.0 Å². The zero-order chi connectivity index (χ0) is 32.2. The summed E-state index contributed by atoms with van der Waals surface area (Å²) < 4.78 is 41.9. The number of imidazole rings is 1. The maximum Gasteiger partial charge on any atom is 0.414 e. The Morgan fingerprint density at radius 2 is 1.87 bits per heavy atom. The quantitative estimate of drug-likeness (QED) is 0.364. The number of methoxy groups -OCH3 is 1. The van der Waals surface area contributed by atoms with Crippen molar-refractivity contribution in [2.24, 2.45) is 5.92 Å². The number of nitrogens with zero attached hydrogens (tertiary/aromatic N) is 6. The van der Waals surface area contributed by atoms with Crippen molar-refractivity contribution in [1.82, 2.24) is 29.9 Å². The third-order valence-corrected chi connectivity index (χ3v) is 7.99. The van der Waals surface area contributed by atoms with Crippen molar-refractivity contribution < 1.29 is 37.4 Å². The lowest BCUT2D eigenvalue weighted by Gasteiger charge is -2.38. The van der Waals surface area contributed by atoms with Crippen molar-refractivity contribution in [3.8, 4) is 0 Å². The maximum absolute atomic E-state index is 15.3. The topological polar surface area (TPSA) is 151 Å². The van der Waals surface area contributed by atoms with Crippen LogP contribution >= 0.6 is 0 Å². The van der Waals surface area contributed by atoms with Crippen LogP contribution in [0.5, 0.6) is 0 Å². The lowest BCUT2D eigenvalue weighted by atomic mass is 9.97. The maximum atomic E-state index is 15.3. The number of amides is 4. The molecule has 0 saturated carbocycles. The Bertz CT molecular complexity index is 1540. The summed E-state index contributed by atoms with van der Waals surface area (Å²) in [6, 6.07) is 2.99. The van der Waals surface area contributed by atoms with Crippen LogP contribution in [0.25, 0.3) is 5.78 Å². The average molecular weight is 629 g/mol. The van der Waals surface area contributed by atoms with Crippen molar-refractivity contribution in [1.29, 1.82) is 0 Å². The Kier molecular flexibility index (Phi) is 9.29. The summed E-state index contributed by atoms with van der Waals surface area (Å²) in [4.78, 5) is 62.8. The van der Waals surface area contributed by atoms with E-state index in [9.17, 15) is 19.2 Å². The number of aromatic nitrogens is 3. The third-order valence-electron chi connectivity index (χ3n) is 7.99. The number of benzene rings is 1. The highest BCUT2D eigenvalue weighted by atomic mass is 19.1. The molecule has 2 aliphatic rings. The Labute approximate surface area is 257 Å². The molecule has 0 bridgehead atoms. The van der Waals surface area contributed by atoms with Crippen molar-refractivity contribution in [3.05, 3.63) is 54.1 Å². The largest absolute Gasteiger partial charge is 0.453 e. The van der Waals surface area contributed by atoms with Crippen LogP contribution in [0.15, 0.2) is 36.8 Å². The Morgan fingerprint density at radius 1 is 1.16 bits per heavy atom. The number of fused-ring (bicyclic) bond motifs is 1. The first kappa shape index (κ1) is 31.4. The zero-order valence-corrected chi connectivity index (χ0v) is 25.0. The Balaban J connectivity index is 1.22. The van der Waals surface area contributed by atoms with E-state index in [1.165, 1.54) is 18.2 Å². The molecule has 240 valence electrons. The van der Waals surface area contributed by atoms with Gasteiger partial charge >= 0.3 is 12.2 Å². The number of carbonyl (C=O) groups is 4. The Hall–Kier alpha value is -5.02. The number of hydrogen-bond acceptors (Lipinski definition) is 9. The monoisotopic (exact) mass is 628 g/mol. The number of cyclic esters (lactones) is 1. The van der Waals surface area contributed by atoms with Gasteiger partial charge in [0.2, 0.25) is 11.7 Å². The van der Waals surface area contributed by atoms with Crippen molar-refractivity contribution in [3.63, 3.8) is 0 Å². The van der Waals surface area contributed by atoms with Crippen LogP contribution in [0.4, 0.5) is 29.7 Å². The minimum Gasteiger partial charge on any atom is -0.453 e. The molecule has 2 N–H and O–H groups in total. The minimum absolute atomic E-state index is 0.0240. The summed E-state index contributed by atoms with van der Waals surface area (Å²) in [6.45, 7) is 4.37. The molecule has 2 aromatic heterocycles. The highest BCUT2D eigenvalue weighted by Crippen LogP contribution is 2.31. The average Bonchev–Trinajstić information content (AvgIpc) is 3.65. The van der Waals surface area contributed by atoms with Gasteiger partial charge in [-0.1, -0.05) is 20.3 Å². The zero-order valence-electron chi connectivity index (χ0n) is 25.0. The lowest BCUT2D eigenvalue weighted by molar-refractivity contribution is -0.134. The normalized spacial score (nSPS) is 18.0. The molecule has 3 aromatic rings. The summed E-state index contributed by atoms with van der Waals surface area (Å²) >= 11 is 0. The highest BCUT2D eigenvalue weighted by Gasteiger charge is 2.36. The van der Waals surface area contributed by atoms with Gasteiger partial charge in [0.25, 0.3) is 5.91 Å². The molecule has 4 amide bonds. The van der Waals surface area contributed by atoms with Gasteiger partial charge < -0.3 is 29.9 Å². The molecular weight excluding hydrogens is 594 g/mol. The fourth-order valence-electron chi connectivity index (χ4n) is 5.30. The van der Waals surface area contributed by atoms with E-state index in [1.807, 2.05) is 13.8 Å². The molecule has 16 heteroatoms. The third kappa shape index (κ3) is 6.73. The molecule has 2 aliphatic heterocycles. The van der Waals surface area contributed by atoms with Crippen LogP contribution in [0.1, 0.15) is 30.8 Å². The number of piperazine rings is 1. The van der Waals surface area contributed by atoms with Crippen LogP contribution in [0.3, 0.4) is 0 Å². The van der Waals surface area contributed by atoms with E-state index in [-0.39, 0.29) is 68.2 Å². The van der Waals surface area contributed by atoms with Gasteiger partial charge in [-0.2, -0.15) is 0 Å². The van der Waals surface area contributed by atoms with Gasteiger partial charge in [0.15, 0.2) is 11.6 Å². The van der Waals surface area contributed by atoms with Gasteiger partial charge in [0, 0.05) is 56.9 Å². The first-order chi connectivity index (χ1) is 21.6. The van der Waals surface area contributed by atoms with Crippen LogP contribution in [0.2, 0.25) is 0 Å². The SMILES string of the molecule is CCC(C)C(NC(=O)c1cn2cccnc2n1)C(=O)N1CCN(c2c(F)cc(N3CC(CNC(=O)OC)OC3=O)cc2F)CC1. The molecule has 4 heterocycles. The lowest BCUT2D eigenvalue weighted by Crippen LogP contribution is -2.57. The van der Waals surface area contributed by atoms with E-state index in [1.54, 1.807) is 27.8 Å². The van der Waals surface area contributed by atoms with Gasteiger partial charge in [-0.3, -0.25) is 18.9 Å². The molecule has 2 fully saturated rings. The van der Waals surface area contributed by atoms with E-state index in [4.69, 9.17) is 4.74 Å². The van der Waals surface area contributed by atoms with Gasteiger partial charge in [-0.25, -0.2) is 28.3 Å². The molecule has 14 nitrogen and oxygen atoms in total. The molecular formula is C29H34F2N8O6. The second-order valence-corrected chi connectivity index (χ2v) is 10.8. The number of hydrogen-bond donors (Lipinski definition) is 2. The summed E-state index contributed by atoms with van der Waals surface area (Å²) in [5, 5.41) is 5.24. The van der Waals surface area contributed by atoms with Crippen LogP contribution in [-0.2, 0) is 14.3 Å². The van der Waals surface area contributed by atoms with Crippen molar-refractivity contribution >= 4 is 41.2 Å². The van der Waals surface area contributed by atoms with Crippen LogP contribution in [0, 0.1) is 17.6 Å². The second kappa shape index (κ2) is 13.3. The van der Waals surface area contributed by atoms with E-state index in [2.05, 4.69) is 25.3 Å². The second-order valence-electron chi connectivity index (χ2n) is 10.8. The predicted octanol–water partition coefficient (Wildman–Crippen LogP) is 2.18. The van der Waals surface area contributed by atoms with Crippen molar-refractivity contribution in [2.75, 3.05) is 56.2 Å². The summed E-state index contributed by atoms with van der Waals surface area (Å²) in [5.74, 6) is -2.38. The molecule has 2 saturated heterocycles. The van der Waals surface area contributed by atoms with Gasteiger partial charge in [0.05, 0.1) is 25.9 Å². The van der Waals surface area contributed by atoms with Gasteiger partial charge in [-0.05, 0) is 12.0 Å². The fourth-order valence-corrected chi connectivity index (χ4v) is 5.30. The number of carbonyl (C=O) groups excluding carboxylic acids is 4. The summed E-state index contributed by atoms with van der Waals surface area (Å²) in [5.41, 5.74) is -0.166. The molecule has 45 heavy (non-hydrogen) atoms. The smallest absolute Gasteiger partial charge is 0.414 e. The molecule has 3 atom stereocenters. The molecule has 0 radical (unpaired) electrons. The number of ether oxygens (including phenoxy) is 2. The molecule has 0 aliphatic carbocycles. The highest BCUT2D eigenvalue weighted by molar-refractivity contribution is 5.96. The summed E-state index contributed by atoms with van der Waals surface area (Å²) in [6.07, 6.45) is 3.21. The molecule has 1 aromatic carbocycles. The van der Waals surface area contributed by atoms with Crippen LogP contribution in [-0.4, -0.2) is 102 Å². The van der Waals surface area contributed by atoms with E-state index < -0.39 is 41.9 Å². The number of alkyl carbamates (subject to hydrolysis) is 1. The number of rotatable bonds is 9. The van der Waals surface area contributed by atoms with Gasteiger partial charge in [0.1, 0.15) is 23.5 Å². The molecule has 5 rings (SSSR count). The van der Waals surface area contributed by atoms with E-state index >= 15 is 8.78 Å². The fraction of sp³-hybridized carbons (Fsp3) is 0.448. The number of anilines is 2. The first-order valence-electron chi connectivity index (χ1n) is 14.5. The standard InChI is InChI=1S/C29H34F2N8O6/c1-4-17(2)23(35-25(40)22-16-38-7-5-6-32-27(38)34-22)26(41)37-10-8-36(9-11-37)24-20(30)12-18(13-21(24)31)39-15-19(45-29(39)43)14-33-28(42)44-3/h5-7,12-13,16-17,19,23H,4,8-11,14-15H2,1-3H3,(H,33,42)(H,35,40). The number of halogens is 2. The van der Waals surface area contributed by atoms with Crippen molar-refractivity contribution in [2.45, 2.75) is 32.4 Å². The molecule has 0 spiro atoms. The summed E-state index contributed by atoms with van der Waals surface area (Å²) in [7, 11) is 1.19. The molecule has 3 unspecified atom stereocenters. The van der Waals surface area contributed by atoms with E-state index in [0.29, 0.717) is 12.2 Å².